The van der Waals surface area contributed by atoms with Crippen LogP contribution in [0.4, 0.5) is 0 Å². The predicted octanol–water partition coefficient (Wildman–Crippen LogP) is 2.07. The number of Topliss-reactive ketones (excluding diaryl/α,β-unsaturated/α-hetero) is 1. The van der Waals surface area contributed by atoms with Gasteiger partial charge in [0.05, 0.1) is 6.26 Å². The summed E-state index contributed by atoms with van der Waals surface area (Å²) in [7, 11) is 0. The fourth-order valence-corrected chi connectivity index (χ4v) is 0.716. The van der Waals surface area contributed by atoms with Crippen molar-refractivity contribution >= 4 is 11.8 Å². The van der Waals surface area contributed by atoms with E-state index in [0.29, 0.717) is 6.42 Å². The molecule has 0 aromatic rings. The topological polar surface area (TPSA) is 43.4 Å². The summed E-state index contributed by atoms with van der Waals surface area (Å²) < 4.78 is 4.77. The molecule has 3 nitrogen and oxygen atoms in total. The van der Waals surface area contributed by atoms with Crippen LogP contribution in [-0.4, -0.2) is 11.8 Å². The van der Waals surface area contributed by atoms with Crippen molar-refractivity contribution in [3.63, 3.8) is 0 Å². The normalized spacial score (nSPS) is 11.7. The van der Waals surface area contributed by atoms with E-state index in [4.69, 9.17) is 4.74 Å². The Balaban J connectivity index is 4.12. The molecule has 0 radical (unpaired) electrons. The molecule has 0 aromatic heterocycles. The van der Waals surface area contributed by atoms with Crippen LogP contribution in [0.5, 0.6) is 0 Å². The molecule has 0 heterocycles. The van der Waals surface area contributed by atoms with Gasteiger partial charge in [0.25, 0.3) is 0 Å². The van der Waals surface area contributed by atoms with Gasteiger partial charge in [0.15, 0.2) is 0 Å². The van der Waals surface area contributed by atoms with Gasteiger partial charge in [0, 0.05) is 6.42 Å². The molecule has 0 spiro atoms. The summed E-state index contributed by atoms with van der Waals surface area (Å²) >= 11 is 0. The molecule has 1 atom stereocenters. The van der Waals surface area contributed by atoms with Crippen molar-refractivity contribution in [3.05, 3.63) is 11.8 Å². The lowest BCUT2D eigenvalue weighted by Gasteiger charge is -2.06. The standard InChI is InChI=1S/C10H16O3/c1-5-9(11)8(4)10(12)13-6-7(2)3/h6,8H,5H2,1-4H3. The average Bonchev–Trinajstić information content (AvgIpc) is 2.11. The second-order valence-corrected chi connectivity index (χ2v) is 3.17. The largest absolute Gasteiger partial charge is 0.434 e. The first-order chi connectivity index (χ1) is 5.99. The van der Waals surface area contributed by atoms with E-state index in [9.17, 15) is 9.59 Å². The number of ketones is 1. The Morgan fingerprint density at radius 1 is 1.38 bits per heavy atom. The number of esters is 1. The fourth-order valence-electron chi connectivity index (χ4n) is 0.716. The molecule has 0 bridgehead atoms. The first kappa shape index (κ1) is 11.9. The third-order valence-electron chi connectivity index (χ3n) is 1.60. The maximum absolute atomic E-state index is 11.2. The monoisotopic (exact) mass is 184 g/mol. The fraction of sp³-hybridized carbons (Fsp3) is 0.600. The minimum atomic E-state index is -0.652. The van der Waals surface area contributed by atoms with E-state index in [-0.39, 0.29) is 5.78 Å². The maximum Gasteiger partial charge on any atom is 0.320 e. The average molecular weight is 184 g/mol. The van der Waals surface area contributed by atoms with Crippen molar-refractivity contribution in [2.24, 2.45) is 5.92 Å². The third-order valence-corrected chi connectivity index (χ3v) is 1.60. The Morgan fingerprint density at radius 3 is 2.31 bits per heavy atom. The first-order valence-corrected chi connectivity index (χ1v) is 4.35. The van der Waals surface area contributed by atoms with E-state index in [1.807, 2.05) is 13.8 Å². The Hall–Kier alpha value is -1.12. The molecule has 0 aliphatic rings. The van der Waals surface area contributed by atoms with Gasteiger partial charge in [-0.3, -0.25) is 9.59 Å². The van der Waals surface area contributed by atoms with Gasteiger partial charge in [-0.2, -0.15) is 0 Å². The molecule has 0 N–H and O–H groups in total. The smallest absolute Gasteiger partial charge is 0.320 e. The molecular weight excluding hydrogens is 168 g/mol. The quantitative estimate of drug-likeness (QED) is 0.381. The zero-order valence-electron chi connectivity index (χ0n) is 8.59. The summed E-state index contributed by atoms with van der Waals surface area (Å²) in [4.78, 5) is 22.2. The number of carbonyl (C=O) groups excluding carboxylic acids is 2. The first-order valence-electron chi connectivity index (χ1n) is 4.35. The van der Waals surface area contributed by atoms with Gasteiger partial charge in [0.2, 0.25) is 0 Å². The number of hydrogen-bond donors (Lipinski definition) is 0. The number of ether oxygens (including phenoxy) is 1. The van der Waals surface area contributed by atoms with Crippen LogP contribution in [0.15, 0.2) is 11.8 Å². The Bertz CT molecular complexity index is 224. The summed E-state index contributed by atoms with van der Waals surface area (Å²) in [5.41, 5.74) is 0.893. The highest BCUT2D eigenvalue weighted by atomic mass is 16.5. The zero-order valence-corrected chi connectivity index (χ0v) is 8.59. The van der Waals surface area contributed by atoms with Crippen LogP contribution in [0.2, 0.25) is 0 Å². The van der Waals surface area contributed by atoms with Crippen molar-refractivity contribution in [3.8, 4) is 0 Å². The maximum atomic E-state index is 11.2. The van der Waals surface area contributed by atoms with Crippen molar-refractivity contribution in [2.45, 2.75) is 34.1 Å². The lowest BCUT2D eigenvalue weighted by molar-refractivity contribution is -0.146. The summed E-state index contributed by atoms with van der Waals surface area (Å²) in [6, 6.07) is 0. The lowest BCUT2D eigenvalue weighted by Crippen LogP contribution is -2.21. The SMILES string of the molecule is CCC(=O)C(C)C(=O)OC=C(C)C. The molecule has 74 valence electrons. The molecule has 0 amide bonds. The third kappa shape index (κ3) is 4.45. The molecule has 0 saturated heterocycles. The second-order valence-electron chi connectivity index (χ2n) is 3.17. The number of hydrogen-bond acceptors (Lipinski definition) is 3. The summed E-state index contributed by atoms with van der Waals surface area (Å²) in [6.07, 6.45) is 1.73. The Kier molecular flexibility index (Phi) is 5.04. The van der Waals surface area contributed by atoms with Gasteiger partial charge < -0.3 is 4.74 Å². The van der Waals surface area contributed by atoms with E-state index in [2.05, 4.69) is 0 Å². The highest BCUT2D eigenvalue weighted by Gasteiger charge is 2.20. The van der Waals surface area contributed by atoms with Crippen molar-refractivity contribution in [1.82, 2.24) is 0 Å². The summed E-state index contributed by atoms with van der Waals surface area (Å²) in [5, 5.41) is 0. The second kappa shape index (κ2) is 5.51. The van der Waals surface area contributed by atoms with Crippen molar-refractivity contribution in [2.75, 3.05) is 0 Å². The predicted molar refractivity (Wildman–Crippen MR) is 50.0 cm³/mol. The van der Waals surface area contributed by atoms with Crippen LogP contribution >= 0.6 is 0 Å². The van der Waals surface area contributed by atoms with Crippen molar-refractivity contribution < 1.29 is 14.3 Å². The van der Waals surface area contributed by atoms with Gasteiger partial charge in [-0.15, -0.1) is 0 Å². The molecule has 0 aliphatic heterocycles. The van der Waals surface area contributed by atoms with E-state index in [1.165, 1.54) is 6.26 Å². The molecule has 3 heteroatoms. The van der Waals surface area contributed by atoms with Gasteiger partial charge >= 0.3 is 5.97 Å². The van der Waals surface area contributed by atoms with Crippen LogP contribution in [0.3, 0.4) is 0 Å². The van der Waals surface area contributed by atoms with Crippen LogP contribution in [0.25, 0.3) is 0 Å². The van der Waals surface area contributed by atoms with Crippen LogP contribution in [0.1, 0.15) is 34.1 Å². The summed E-state index contributed by atoms with van der Waals surface area (Å²) in [5.74, 6) is -1.22. The molecule has 1 unspecified atom stereocenters. The van der Waals surface area contributed by atoms with Crippen LogP contribution in [0, 0.1) is 5.92 Å². The van der Waals surface area contributed by atoms with Crippen LogP contribution < -0.4 is 0 Å². The van der Waals surface area contributed by atoms with E-state index < -0.39 is 11.9 Å². The highest BCUT2D eigenvalue weighted by Crippen LogP contribution is 2.04. The molecule has 0 rings (SSSR count). The number of carbonyl (C=O) groups is 2. The van der Waals surface area contributed by atoms with Crippen molar-refractivity contribution in [1.29, 1.82) is 0 Å². The number of allylic oxidation sites excluding steroid dienone is 1. The molecule has 0 aromatic carbocycles. The molecule has 0 saturated carbocycles. The highest BCUT2D eigenvalue weighted by molar-refractivity contribution is 5.98. The molecule has 13 heavy (non-hydrogen) atoms. The van der Waals surface area contributed by atoms with E-state index in [1.54, 1.807) is 13.8 Å². The Morgan fingerprint density at radius 2 is 1.92 bits per heavy atom. The molecular formula is C10H16O3. The number of rotatable bonds is 4. The minimum Gasteiger partial charge on any atom is -0.434 e. The summed E-state index contributed by atoms with van der Waals surface area (Å²) in [6.45, 7) is 6.93. The van der Waals surface area contributed by atoms with Gasteiger partial charge in [0.1, 0.15) is 11.7 Å². The zero-order chi connectivity index (χ0) is 10.4. The van der Waals surface area contributed by atoms with E-state index >= 15 is 0 Å². The van der Waals surface area contributed by atoms with E-state index in [0.717, 1.165) is 5.57 Å². The molecule has 0 fully saturated rings. The molecule has 0 aliphatic carbocycles. The Labute approximate surface area is 78.8 Å². The minimum absolute atomic E-state index is 0.0906. The van der Waals surface area contributed by atoms with Gasteiger partial charge in [-0.25, -0.2) is 0 Å². The van der Waals surface area contributed by atoms with Crippen LogP contribution in [-0.2, 0) is 14.3 Å². The van der Waals surface area contributed by atoms with Gasteiger partial charge in [-0.05, 0) is 26.3 Å². The lowest BCUT2D eigenvalue weighted by atomic mass is 10.1. The van der Waals surface area contributed by atoms with Gasteiger partial charge in [-0.1, -0.05) is 6.92 Å².